The molecule has 2 aromatic rings. The maximum Gasteiger partial charge on any atom is 0.228 e. The predicted molar refractivity (Wildman–Crippen MR) is 127 cm³/mol. The molecule has 2 unspecified atom stereocenters. The maximum atomic E-state index is 14.0. The van der Waals surface area contributed by atoms with E-state index in [1.54, 1.807) is 0 Å². The highest BCUT2D eigenvalue weighted by atomic mass is 79.9. The van der Waals surface area contributed by atoms with Crippen LogP contribution in [-0.4, -0.2) is 66.4 Å². The normalized spacial score (nSPS) is 33.7. The van der Waals surface area contributed by atoms with Crippen molar-refractivity contribution in [1.29, 1.82) is 0 Å². The first kappa shape index (κ1) is 21.8. The molecule has 8 nitrogen and oxygen atoms in total. The highest BCUT2D eigenvalue weighted by molar-refractivity contribution is 9.10. The third kappa shape index (κ3) is 3.66. The minimum absolute atomic E-state index is 0.0302. The molecule has 2 atom stereocenters. The van der Waals surface area contributed by atoms with E-state index >= 15 is 0 Å². The third-order valence-electron chi connectivity index (χ3n) is 8.86. The topological polar surface area (TPSA) is 72.1 Å². The lowest BCUT2D eigenvalue weighted by Gasteiger charge is -2.61. The van der Waals surface area contributed by atoms with Crippen LogP contribution in [0, 0.1) is 24.2 Å². The lowest BCUT2D eigenvalue weighted by Crippen LogP contribution is -2.62. The summed E-state index contributed by atoms with van der Waals surface area (Å²) in [6.07, 6.45) is 10.7. The van der Waals surface area contributed by atoms with Crippen molar-refractivity contribution in [3.8, 4) is 0 Å². The van der Waals surface area contributed by atoms with Gasteiger partial charge in [0.05, 0.1) is 16.6 Å². The zero-order chi connectivity index (χ0) is 22.8. The van der Waals surface area contributed by atoms with Gasteiger partial charge < -0.3 is 4.90 Å². The molecule has 0 N–H and O–H groups in total. The Labute approximate surface area is 203 Å². The van der Waals surface area contributed by atoms with Crippen LogP contribution in [0.3, 0.4) is 0 Å². The van der Waals surface area contributed by atoms with Crippen molar-refractivity contribution < 1.29 is 4.79 Å². The molecule has 1 saturated heterocycles. The van der Waals surface area contributed by atoms with E-state index in [9.17, 15) is 4.79 Å². The van der Waals surface area contributed by atoms with Gasteiger partial charge in [0.1, 0.15) is 6.33 Å². The summed E-state index contributed by atoms with van der Waals surface area (Å²) in [5, 5.41) is 9.24. The number of piperazine rings is 1. The monoisotopic (exact) mass is 515 g/mol. The van der Waals surface area contributed by atoms with Gasteiger partial charge in [-0.15, -0.1) is 5.10 Å². The Morgan fingerprint density at radius 2 is 1.85 bits per heavy atom. The van der Waals surface area contributed by atoms with Crippen LogP contribution < -0.4 is 0 Å². The summed E-state index contributed by atoms with van der Waals surface area (Å²) in [5.74, 6) is 1.69. The van der Waals surface area contributed by atoms with E-state index in [1.165, 1.54) is 12.0 Å². The van der Waals surface area contributed by atoms with E-state index in [1.807, 2.05) is 11.0 Å². The fourth-order valence-electron chi connectivity index (χ4n) is 7.77. The Kier molecular flexibility index (Phi) is 5.21. The molecule has 0 radical (unpaired) electrons. The van der Waals surface area contributed by atoms with E-state index in [2.05, 4.69) is 65.6 Å². The average molecular weight is 516 g/mol. The molecule has 1 aliphatic heterocycles. The Balaban J connectivity index is 1.15. The molecule has 0 spiro atoms. The molecule has 3 heterocycles. The molecule has 1 amide bonds. The van der Waals surface area contributed by atoms with Crippen LogP contribution >= 0.6 is 15.9 Å². The second-order valence-corrected chi connectivity index (χ2v) is 11.8. The highest BCUT2D eigenvalue weighted by Gasteiger charge is 2.62. The van der Waals surface area contributed by atoms with Gasteiger partial charge in [0.2, 0.25) is 10.6 Å². The SMILES string of the molecule is CCn1cc(CN2CCN(C(=O)C34CC5CC(C3)CC(n3cnc(Br)n3)(C5)C4)CC2)c(C)n1. The molecule has 0 aromatic carbocycles. The molecule has 4 aliphatic carbocycles. The number of halogens is 1. The summed E-state index contributed by atoms with van der Waals surface area (Å²) in [4.78, 5) is 23.0. The second kappa shape index (κ2) is 7.90. The van der Waals surface area contributed by atoms with Gasteiger partial charge in [-0.2, -0.15) is 5.10 Å². The summed E-state index contributed by atoms with van der Waals surface area (Å²) in [5.41, 5.74) is 2.19. The molecule has 5 fully saturated rings. The largest absolute Gasteiger partial charge is 0.340 e. The second-order valence-electron chi connectivity index (χ2n) is 11.1. The molecule has 5 aliphatic rings. The minimum Gasteiger partial charge on any atom is -0.340 e. The van der Waals surface area contributed by atoms with Crippen LogP contribution in [0.1, 0.15) is 56.7 Å². The van der Waals surface area contributed by atoms with Crippen LogP contribution in [0.15, 0.2) is 17.3 Å². The van der Waals surface area contributed by atoms with Gasteiger partial charge in [-0.3, -0.25) is 14.4 Å². The summed E-state index contributed by atoms with van der Waals surface area (Å²) in [7, 11) is 0. The Bertz CT molecular complexity index is 1040. The molecular formula is C24H34BrN7O. The van der Waals surface area contributed by atoms with Crippen LogP contribution in [0.2, 0.25) is 0 Å². The molecule has 4 bridgehead atoms. The summed E-state index contributed by atoms with van der Waals surface area (Å²) >= 11 is 3.43. The van der Waals surface area contributed by atoms with Crippen molar-refractivity contribution in [2.45, 2.75) is 71.0 Å². The first-order valence-electron chi connectivity index (χ1n) is 12.5. The first-order valence-corrected chi connectivity index (χ1v) is 13.3. The fourth-order valence-corrected chi connectivity index (χ4v) is 8.03. The predicted octanol–water partition coefficient (Wildman–Crippen LogP) is 3.21. The molecule has 7 rings (SSSR count). The first-order chi connectivity index (χ1) is 15.9. The van der Waals surface area contributed by atoms with Crippen molar-refractivity contribution in [3.05, 3.63) is 28.5 Å². The number of carbonyl (C=O) groups is 1. The number of hydrogen-bond donors (Lipinski definition) is 0. The van der Waals surface area contributed by atoms with Crippen molar-refractivity contribution >= 4 is 21.8 Å². The van der Waals surface area contributed by atoms with Crippen LogP contribution in [0.4, 0.5) is 0 Å². The van der Waals surface area contributed by atoms with Gasteiger partial charge in [-0.1, -0.05) is 0 Å². The zero-order valence-electron chi connectivity index (χ0n) is 19.7. The van der Waals surface area contributed by atoms with Gasteiger partial charge in [-0.25, -0.2) is 9.67 Å². The van der Waals surface area contributed by atoms with E-state index in [0.717, 1.165) is 77.1 Å². The molecule has 33 heavy (non-hydrogen) atoms. The quantitative estimate of drug-likeness (QED) is 0.611. The van der Waals surface area contributed by atoms with Crippen molar-refractivity contribution in [2.24, 2.45) is 17.3 Å². The van der Waals surface area contributed by atoms with Gasteiger partial charge in [0.15, 0.2) is 0 Å². The number of aromatic nitrogens is 5. The number of amides is 1. The molecule has 2 aromatic heterocycles. The van der Waals surface area contributed by atoms with Crippen LogP contribution in [0.25, 0.3) is 0 Å². The van der Waals surface area contributed by atoms with E-state index in [4.69, 9.17) is 0 Å². The van der Waals surface area contributed by atoms with Crippen molar-refractivity contribution in [3.63, 3.8) is 0 Å². The number of carbonyl (C=O) groups excluding carboxylic acids is 1. The smallest absolute Gasteiger partial charge is 0.228 e. The van der Waals surface area contributed by atoms with Crippen molar-refractivity contribution in [1.82, 2.24) is 34.3 Å². The molecular weight excluding hydrogens is 482 g/mol. The summed E-state index contributed by atoms with van der Waals surface area (Å²) in [6, 6.07) is 0. The van der Waals surface area contributed by atoms with Crippen LogP contribution in [-0.2, 0) is 23.4 Å². The zero-order valence-corrected chi connectivity index (χ0v) is 21.3. The van der Waals surface area contributed by atoms with Gasteiger partial charge in [-0.05, 0) is 80.1 Å². The van der Waals surface area contributed by atoms with E-state index in [0.29, 0.717) is 22.5 Å². The number of nitrogens with zero attached hydrogens (tertiary/aromatic N) is 7. The van der Waals surface area contributed by atoms with Crippen molar-refractivity contribution in [2.75, 3.05) is 26.2 Å². The standard InChI is InChI=1S/C24H34BrN7O/c1-3-31-14-20(17(2)27-31)13-29-4-6-30(7-5-29)21(33)23-9-18-8-19(10-23)12-24(11-18,15-23)32-16-26-22(25)28-32/h14,16,18-19H,3-13,15H2,1-2H3. The molecule has 178 valence electrons. The van der Waals surface area contributed by atoms with E-state index in [-0.39, 0.29) is 11.0 Å². The lowest BCUT2D eigenvalue weighted by molar-refractivity contribution is -0.168. The number of rotatable bonds is 5. The number of aryl methyl sites for hydroxylation is 2. The maximum absolute atomic E-state index is 14.0. The Morgan fingerprint density at radius 1 is 1.12 bits per heavy atom. The summed E-state index contributed by atoms with van der Waals surface area (Å²) in [6.45, 7) is 9.58. The molecule has 4 saturated carbocycles. The third-order valence-corrected chi connectivity index (χ3v) is 9.22. The Morgan fingerprint density at radius 3 is 2.45 bits per heavy atom. The van der Waals surface area contributed by atoms with E-state index < -0.39 is 0 Å². The van der Waals surface area contributed by atoms with Gasteiger partial charge >= 0.3 is 0 Å². The lowest BCUT2D eigenvalue weighted by atomic mass is 9.46. The van der Waals surface area contributed by atoms with Crippen LogP contribution in [0.5, 0.6) is 0 Å². The minimum atomic E-state index is -0.205. The van der Waals surface area contributed by atoms with Gasteiger partial charge in [0.25, 0.3) is 0 Å². The summed E-state index contributed by atoms with van der Waals surface area (Å²) < 4.78 is 4.75. The average Bonchev–Trinajstić information content (AvgIpc) is 3.39. The van der Waals surface area contributed by atoms with Gasteiger partial charge in [0, 0.05) is 51.0 Å². The fraction of sp³-hybridized carbons (Fsp3) is 0.750. The highest BCUT2D eigenvalue weighted by Crippen LogP contribution is 2.64. The number of hydrogen-bond acceptors (Lipinski definition) is 5. The Hall–Kier alpha value is -1.74. The molecule has 9 heteroatoms.